The minimum atomic E-state index is -0.291. The Labute approximate surface area is 141 Å². The number of carbonyl (C=O) groups excluding carboxylic acids is 1. The fourth-order valence-electron chi connectivity index (χ4n) is 3.57. The van der Waals surface area contributed by atoms with Crippen LogP contribution in [0.5, 0.6) is 0 Å². The molecule has 1 heterocycles. The molecule has 1 fully saturated rings. The van der Waals surface area contributed by atoms with E-state index in [9.17, 15) is 9.18 Å². The number of amides is 1. The molecule has 0 aliphatic heterocycles. The molecule has 1 saturated carbocycles. The molecule has 1 aromatic heterocycles. The zero-order chi connectivity index (χ0) is 16.9. The van der Waals surface area contributed by atoms with Gasteiger partial charge in [0.25, 0.3) is 5.91 Å². The lowest BCUT2D eigenvalue weighted by atomic mass is 9.84. The minimum absolute atomic E-state index is 0.00812. The lowest BCUT2D eigenvalue weighted by Gasteiger charge is -2.30. The van der Waals surface area contributed by atoms with Crippen molar-refractivity contribution in [3.8, 4) is 11.1 Å². The van der Waals surface area contributed by atoms with Gasteiger partial charge in [0.05, 0.1) is 5.56 Å². The quantitative estimate of drug-likeness (QED) is 0.786. The third-order valence-corrected chi connectivity index (χ3v) is 4.93. The molecule has 5 heteroatoms. The average molecular weight is 329 g/mol. The maximum atomic E-state index is 13.1. The van der Waals surface area contributed by atoms with Gasteiger partial charge in [-0.05, 0) is 36.5 Å². The van der Waals surface area contributed by atoms with Gasteiger partial charge in [-0.15, -0.1) is 0 Å². The van der Waals surface area contributed by atoms with Crippen LogP contribution in [0.2, 0.25) is 0 Å². The smallest absolute Gasteiger partial charge is 0.253 e. The van der Waals surface area contributed by atoms with Crippen molar-refractivity contribution in [1.29, 1.82) is 0 Å². The molecule has 0 spiro atoms. The van der Waals surface area contributed by atoms with E-state index in [2.05, 4.69) is 10.3 Å². The van der Waals surface area contributed by atoms with Crippen LogP contribution in [0, 0.1) is 11.7 Å². The van der Waals surface area contributed by atoms with Gasteiger partial charge in [0.2, 0.25) is 0 Å². The van der Waals surface area contributed by atoms with Crippen LogP contribution >= 0.6 is 0 Å². The second-order valence-electron chi connectivity index (χ2n) is 6.50. The second-order valence-corrected chi connectivity index (χ2v) is 6.50. The molecule has 1 aliphatic rings. The van der Waals surface area contributed by atoms with Gasteiger partial charge in [0, 0.05) is 30.5 Å². The zero-order valence-electron chi connectivity index (χ0n) is 13.7. The molecule has 2 aromatic rings. The van der Waals surface area contributed by atoms with Gasteiger partial charge in [0.1, 0.15) is 5.82 Å². The summed E-state index contributed by atoms with van der Waals surface area (Å²) in [6.07, 6.45) is 9.39. The van der Waals surface area contributed by atoms with Gasteiger partial charge in [0.15, 0.2) is 0 Å². The Morgan fingerprint density at radius 3 is 2.58 bits per heavy atom. The van der Waals surface area contributed by atoms with E-state index in [1.54, 1.807) is 24.5 Å². The van der Waals surface area contributed by atoms with Gasteiger partial charge in [-0.1, -0.05) is 31.4 Å². The van der Waals surface area contributed by atoms with E-state index in [1.807, 2.05) is 0 Å². The highest BCUT2D eigenvalue weighted by atomic mass is 19.1. The Balaban J connectivity index is 1.75. The van der Waals surface area contributed by atoms with E-state index in [0.29, 0.717) is 18.0 Å². The van der Waals surface area contributed by atoms with E-state index < -0.39 is 0 Å². The highest BCUT2D eigenvalue weighted by Gasteiger charge is 2.25. The van der Waals surface area contributed by atoms with Crippen LogP contribution in [0.4, 0.5) is 4.39 Å². The topological polar surface area (TPSA) is 70.9 Å². The SMILES string of the molecule is NCC(NC(=O)c1c[nH]cc1-c1ccc(F)cc1)C1CCCCC1. The minimum Gasteiger partial charge on any atom is -0.366 e. The molecular weight excluding hydrogens is 305 g/mol. The van der Waals surface area contributed by atoms with Crippen LogP contribution in [0.1, 0.15) is 42.5 Å². The maximum absolute atomic E-state index is 13.1. The Kier molecular flexibility index (Phi) is 5.30. The van der Waals surface area contributed by atoms with Crippen LogP contribution in [0.3, 0.4) is 0 Å². The van der Waals surface area contributed by atoms with Crippen molar-refractivity contribution in [3.05, 3.63) is 48.0 Å². The summed E-state index contributed by atoms with van der Waals surface area (Å²) in [6, 6.07) is 6.16. The van der Waals surface area contributed by atoms with Crippen LogP contribution in [0.25, 0.3) is 11.1 Å². The summed E-state index contributed by atoms with van der Waals surface area (Å²) in [4.78, 5) is 15.7. The van der Waals surface area contributed by atoms with E-state index in [0.717, 1.165) is 24.0 Å². The second kappa shape index (κ2) is 7.62. The number of carbonyl (C=O) groups is 1. The highest BCUT2D eigenvalue weighted by molar-refractivity contribution is 6.00. The predicted octanol–water partition coefficient (Wildman–Crippen LogP) is 3.46. The van der Waals surface area contributed by atoms with Gasteiger partial charge in [-0.2, -0.15) is 0 Å². The van der Waals surface area contributed by atoms with E-state index in [-0.39, 0.29) is 17.8 Å². The van der Waals surface area contributed by atoms with Gasteiger partial charge in [-0.3, -0.25) is 4.79 Å². The molecule has 1 aliphatic carbocycles. The summed E-state index contributed by atoms with van der Waals surface area (Å²) >= 11 is 0. The van der Waals surface area contributed by atoms with Crippen LogP contribution in [0.15, 0.2) is 36.7 Å². The third kappa shape index (κ3) is 3.67. The van der Waals surface area contributed by atoms with Gasteiger partial charge in [-0.25, -0.2) is 4.39 Å². The number of hydrogen-bond acceptors (Lipinski definition) is 2. The van der Waals surface area contributed by atoms with Crippen molar-refractivity contribution in [2.24, 2.45) is 11.7 Å². The monoisotopic (exact) mass is 329 g/mol. The fourth-order valence-corrected chi connectivity index (χ4v) is 3.57. The largest absolute Gasteiger partial charge is 0.366 e. The Morgan fingerprint density at radius 2 is 1.92 bits per heavy atom. The van der Waals surface area contributed by atoms with Crippen molar-refractivity contribution in [1.82, 2.24) is 10.3 Å². The Hall–Kier alpha value is -2.14. The lowest BCUT2D eigenvalue weighted by molar-refractivity contribution is 0.0916. The standard InChI is InChI=1S/C19H24FN3O/c20-15-8-6-13(7-9-15)16-11-22-12-17(16)19(24)23-18(10-21)14-4-2-1-3-5-14/h6-9,11-12,14,18,22H,1-5,10,21H2,(H,23,24). The average Bonchev–Trinajstić information content (AvgIpc) is 3.10. The van der Waals surface area contributed by atoms with Gasteiger partial charge < -0.3 is 16.0 Å². The van der Waals surface area contributed by atoms with Crippen molar-refractivity contribution in [2.75, 3.05) is 6.54 Å². The molecule has 1 amide bonds. The Morgan fingerprint density at radius 1 is 1.21 bits per heavy atom. The first-order valence-corrected chi connectivity index (χ1v) is 8.62. The fraction of sp³-hybridized carbons (Fsp3) is 0.421. The molecule has 24 heavy (non-hydrogen) atoms. The third-order valence-electron chi connectivity index (χ3n) is 4.93. The molecule has 1 unspecified atom stereocenters. The number of nitrogens with one attached hydrogen (secondary N) is 2. The first-order chi connectivity index (χ1) is 11.7. The number of aromatic nitrogens is 1. The van der Waals surface area contributed by atoms with E-state index in [4.69, 9.17) is 5.73 Å². The van der Waals surface area contributed by atoms with Crippen molar-refractivity contribution in [3.63, 3.8) is 0 Å². The summed E-state index contributed by atoms with van der Waals surface area (Å²) in [5.41, 5.74) is 8.05. The summed E-state index contributed by atoms with van der Waals surface area (Å²) < 4.78 is 13.1. The highest BCUT2D eigenvalue weighted by Crippen LogP contribution is 2.27. The van der Waals surface area contributed by atoms with Crippen LogP contribution in [-0.2, 0) is 0 Å². The van der Waals surface area contributed by atoms with Crippen LogP contribution < -0.4 is 11.1 Å². The number of rotatable bonds is 5. The summed E-state index contributed by atoms with van der Waals surface area (Å²) in [5.74, 6) is 0.0401. The van der Waals surface area contributed by atoms with Crippen molar-refractivity contribution >= 4 is 5.91 Å². The molecular formula is C19H24FN3O. The number of halogens is 1. The first-order valence-electron chi connectivity index (χ1n) is 8.62. The molecule has 0 bridgehead atoms. The molecule has 1 aromatic carbocycles. The lowest BCUT2D eigenvalue weighted by Crippen LogP contribution is -2.45. The number of nitrogens with two attached hydrogens (primary N) is 1. The normalized spacial score (nSPS) is 16.8. The van der Waals surface area contributed by atoms with Crippen LogP contribution in [-0.4, -0.2) is 23.5 Å². The van der Waals surface area contributed by atoms with Crippen molar-refractivity contribution < 1.29 is 9.18 Å². The molecule has 128 valence electrons. The van der Waals surface area contributed by atoms with E-state index in [1.165, 1.54) is 31.4 Å². The summed E-state index contributed by atoms with van der Waals surface area (Å²) in [5, 5.41) is 3.10. The number of aromatic amines is 1. The molecule has 4 nitrogen and oxygen atoms in total. The maximum Gasteiger partial charge on any atom is 0.253 e. The van der Waals surface area contributed by atoms with Gasteiger partial charge >= 0.3 is 0 Å². The molecule has 1 atom stereocenters. The summed E-state index contributed by atoms with van der Waals surface area (Å²) in [7, 11) is 0. The molecule has 4 N–H and O–H groups in total. The molecule has 3 rings (SSSR count). The number of H-pyrrole nitrogens is 1. The molecule has 0 radical (unpaired) electrons. The van der Waals surface area contributed by atoms with Crippen molar-refractivity contribution in [2.45, 2.75) is 38.1 Å². The Bertz CT molecular complexity index is 674. The molecule has 0 saturated heterocycles. The zero-order valence-corrected chi connectivity index (χ0v) is 13.7. The first kappa shape index (κ1) is 16.7. The predicted molar refractivity (Wildman–Crippen MR) is 93.1 cm³/mol. The number of benzene rings is 1. The number of hydrogen-bond donors (Lipinski definition) is 3. The summed E-state index contributed by atoms with van der Waals surface area (Å²) in [6.45, 7) is 0.451. The van der Waals surface area contributed by atoms with E-state index >= 15 is 0 Å².